The summed E-state index contributed by atoms with van der Waals surface area (Å²) in [5.41, 5.74) is 11.0. The Kier molecular flexibility index (Phi) is 5.05. The molecule has 0 saturated carbocycles. The molecule has 0 aliphatic rings. The van der Waals surface area contributed by atoms with Gasteiger partial charge in [0.25, 0.3) is 0 Å². The quantitative estimate of drug-likeness (QED) is 0.793. The van der Waals surface area contributed by atoms with Crippen molar-refractivity contribution in [1.29, 1.82) is 0 Å². The third kappa shape index (κ3) is 3.46. The van der Waals surface area contributed by atoms with E-state index in [9.17, 15) is 0 Å². The number of nitrogen functional groups attached to an aromatic ring is 1. The molecule has 2 rings (SSSR count). The Morgan fingerprint density at radius 2 is 1.81 bits per heavy atom. The predicted octanol–water partition coefficient (Wildman–Crippen LogP) is 4.53. The van der Waals surface area contributed by atoms with Gasteiger partial charge in [0.15, 0.2) is 0 Å². The Bertz CT molecular complexity index is 579. The second kappa shape index (κ2) is 6.79. The second-order valence-electron chi connectivity index (χ2n) is 6.06. The number of anilines is 1. The van der Waals surface area contributed by atoms with Crippen molar-refractivity contribution in [3.05, 3.63) is 35.5 Å². The highest BCUT2D eigenvalue weighted by Crippen LogP contribution is 2.31. The number of nitrogens with two attached hydrogens (primary N) is 1. The van der Waals surface area contributed by atoms with Crippen LogP contribution < -0.4 is 5.73 Å². The molecule has 0 bridgehead atoms. The summed E-state index contributed by atoms with van der Waals surface area (Å²) in [7, 11) is 1.92. The highest BCUT2D eigenvalue weighted by atomic mass is 15.3. The molecule has 2 aromatic rings. The number of benzene rings is 1. The Balaban J connectivity index is 2.32. The van der Waals surface area contributed by atoms with Gasteiger partial charge >= 0.3 is 0 Å². The van der Waals surface area contributed by atoms with Crippen LogP contribution in [-0.4, -0.2) is 9.78 Å². The van der Waals surface area contributed by atoms with Crippen molar-refractivity contribution < 1.29 is 0 Å². The van der Waals surface area contributed by atoms with Crippen molar-refractivity contribution in [1.82, 2.24) is 9.78 Å². The van der Waals surface area contributed by atoms with Gasteiger partial charge in [-0.15, -0.1) is 0 Å². The number of aryl methyl sites for hydroxylation is 2. The summed E-state index contributed by atoms with van der Waals surface area (Å²) in [5.74, 6) is 1.31. The molecule has 0 aliphatic heterocycles. The van der Waals surface area contributed by atoms with Crippen LogP contribution in [0.1, 0.15) is 57.2 Å². The van der Waals surface area contributed by atoms with Gasteiger partial charge in [0.1, 0.15) is 5.82 Å². The van der Waals surface area contributed by atoms with Crippen LogP contribution in [0.25, 0.3) is 11.1 Å². The smallest absolute Gasteiger partial charge is 0.129 e. The molecule has 114 valence electrons. The van der Waals surface area contributed by atoms with Gasteiger partial charge < -0.3 is 5.73 Å². The number of hydrogen-bond donors (Lipinski definition) is 1. The van der Waals surface area contributed by atoms with E-state index < -0.39 is 0 Å². The number of hydrogen-bond acceptors (Lipinski definition) is 2. The van der Waals surface area contributed by atoms with Crippen LogP contribution in [0.5, 0.6) is 0 Å². The average molecular weight is 285 g/mol. The summed E-state index contributed by atoms with van der Waals surface area (Å²) in [6, 6.07) is 8.74. The third-order valence-electron chi connectivity index (χ3n) is 4.05. The fourth-order valence-corrected chi connectivity index (χ4v) is 2.66. The molecule has 0 saturated heterocycles. The molecule has 0 fully saturated rings. The zero-order chi connectivity index (χ0) is 15.4. The molecule has 0 spiro atoms. The van der Waals surface area contributed by atoms with Gasteiger partial charge in [-0.05, 0) is 29.9 Å². The van der Waals surface area contributed by atoms with Crippen LogP contribution in [0.2, 0.25) is 0 Å². The second-order valence-corrected chi connectivity index (χ2v) is 6.06. The van der Waals surface area contributed by atoms with Gasteiger partial charge in [-0.2, -0.15) is 5.10 Å². The molecule has 0 unspecified atom stereocenters. The van der Waals surface area contributed by atoms with Crippen LogP contribution in [0.3, 0.4) is 0 Å². The van der Waals surface area contributed by atoms with Crippen LogP contribution >= 0.6 is 0 Å². The maximum Gasteiger partial charge on any atom is 0.129 e. The summed E-state index contributed by atoms with van der Waals surface area (Å²) in [6.07, 6.45) is 4.63. The molecule has 0 radical (unpaired) electrons. The van der Waals surface area contributed by atoms with Crippen molar-refractivity contribution in [3.8, 4) is 11.1 Å². The summed E-state index contributed by atoms with van der Waals surface area (Å²) in [4.78, 5) is 0. The first-order chi connectivity index (χ1) is 10.0. The SMILES string of the molecule is CCCCCc1nn(C)c(N)c1-c1ccc(C(C)C)cc1. The molecule has 0 amide bonds. The summed E-state index contributed by atoms with van der Waals surface area (Å²) >= 11 is 0. The Labute approximate surface area is 128 Å². The maximum atomic E-state index is 6.24. The predicted molar refractivity (Wildman–Crippen MR) is 90.4 cm³/mol. The average Bonchev–Trinajstić information content (AvgIpc) is 2.74. The zero-order valence-electron chi connectivity index (χ0n) is 13.7. The van der Waals surface area contributed by atoms with E-state index >= 15 is 0 Å². The molecular formula is C18H27N3. The molecule has 1 aromatic carbocycles. The highest BCUT2D eigenvalue weighted by Gasteiger charge is 2.15. The summed E-state index contributed by atoms with van der Waals surface area (Å²) in [6.45, 7) is 6.64. The molecule has 0 aliphatic carbocycles. The number of rotatable bonds is 6. The van der Waals surface area contributed by atoms with Gasteiger partial charge in [-0.3, -0.25) is 4.68 Å². The van der Waals surface area contributed by atoms with Crippen LogP contribution in [0.15, 0.2) is 24.3 Å². The highest BCUT2D eigenvalue weighted by molar-refractivity contribution is 5.76. The van der Waals surface area contributed by atoms with Gasteiger partial charge in [-0.25, -0.2) is 0 Å². The van der Waals surface area contributed by atoms with E-state index in [-0.39, 0.29) is 0 Å². The van der Waals surface area contributed by atoms with Gasteiger partial charge in [0.2, 0.25) is 0 Å². The largest absolute Gasteiger partial charge is 0.383 e. The normalized spacial score (nSPS) is 11.3. The van der Waals surface area contributed by atoms with Crippen molar-refractivity contribution in [2.45, 2.75) is 52.4 Å². The van der Waals surface area contributed by atoms with E-state index in [0.29, 0.717) is 5.92 Å². The van der Waals surface area contributed by atoms with Crippen LogP contribution in [-0.2, 0) is 13.5 Å². The lowest BCUT2D eigenvalue weighted by Gasteiger charge is -2.08. The number of unbranched alkanes of at least 4 members (excludes halogenated alkanes) is 2. The lowest BCUT2D eigenvalue weighted by atomic mass is 9.97. The first kappa shape index (κ1) is 15.6. The Morgan fingerprint density at radius 1 is 1.14 bits per heavy atom. The fraction of sp³-hybridized carbons (Fsp3) is 0.500. The van der Waals surface area contributed by atoms with E-state index in [0.717, 1.165) is 23.5 Å². The minimum absolute atomic E-state index is 0.550. The van der Waals surface area contributed by atoms with Crippen LogP contribution in [0, 0.1) is 0 Å². The first-order valence-electron chi connectivity index (χ1n) is 7.96. The number of nitrogens with zero attached hydrogens (tertiary/aromatic N) is 2. The molecule has 3 nitrogen and oxygen atoms in total. The summed E-state index contributed by atoms with van der Waals surface area (Å²) < 4.78 is 1.80. The Hall–Kier alpha value is -1.77. The fourth-order valence-electron chi connectivity index (χ4n) is 2.66. The standard InChI is InChI=1S/C18H27N3/c1-5-6-7-8-16-17(18(19)21(4)20-16)15-11-9-14(10-12-15)13(2)3/h9-13H,5-8,19H2,1-4H3. The minimum atomic E-state index is 0.550. The van der Waals surface area contributed by atoms with Gasteiger partial charge in [-0.1, -0.05) is 57.9 Å². The topological polar surface area (TPSA) is 43.8 Å². The molecule has 1 heterocycles. The number of aromatic nitrogens is 2. The van der Waals surface area contributed by atoms with Gasteiger partial charge in [0.05, 0.1) is 5.69 Å². The summed E-state index contributed by atoms with van der Waals surface area (Å²) in [5, 5.41) is 4.61. The van der Waals surface area contributed by atoms with Crippen molar-refractivity contribution in [2.75, 3.05) is 5.73 Å². The van der Waals surface area contributed by atoms with Crippen molar-refractivity contribution in [2.24, 2.45) is 7.05 Å². The molecule has 2 N–H and O–H groups in total. The lowest BCUT2D eigenvalue weighted by Crippen LogP contribution is -1.98. The van der Waals surface area contributed by atoms with E-state index in [1.54, 1.807) is 4.68 Å². The maximum absolute atomic E-state index is 6.24. The monoisotopic (exact) mass is 285 g/mol. The molecule has 1 aromatic heterocycles. The van der Waals surface area contributed by atoms with Crippen molar-refractivity contribution in [3.63, 3.8) is 0 Å². The minimum Gasteiger partial charge on any atom is -0.383 e. The lowest BCUT2D eigenvalue weighted by molar-refractivity contribution is 0.685. The molecule has 0 atom stereocenters. The van der Waals surface area contributed by atoms with Crippen LogP contribution in [0.4, 0.5) is 5.82 Å². The van der Waals surface area contributed by atoms with E-state index in [1.807, 2.05) is 7.05 Å². The van der Waals surface area contributed by atoms with E-state index in [1.165, 1.54) is 30.4 Å². The van der Waals surface area contributed by atoms with E-state index in [4.69, 9.17) is 5.73 Å². The van der Waals surface area contributed by atoms with Gasteiger partial charge in [0, 0.05) is 12.6 Å². The van der Waals surface area contributed by atoms with Crippen molar-refractivity contribution >= 4 is 5.82 Å². The zero-order valence-corrected chi connectivity index (χ0v) is 13.7. The third-order valence-corrected chi connectivity index (χ3v) is 4.05. The first-order valence-corrected chi connectivity index (χ1v) is 7.96. The molecule has 3 heteroatoms. The van der Waals surface area contributed by atoms with E-state index in [2.05, 4.69) is 50.1 Å². The molecule has 21 heavy (non-hydrogen) atoms. The molecular weight excluding hydrogens is 258 g/mol. The Morgan fingerprint density at radius 3 is 2.38 bits per heavy atom.